The third-order valence-electron chi connectivity index (χ3n) is 3.90. The monoisotopic (exact) mass is 360 g/mol. The number of hydrogen-bond acceptors (Lipinski definition) is 3. The van der Waals surface area contributed by atoms with Crippen LogP contribution in [0.1, 0.15) is 17.3 Å². The van der Waals surface area contributed by atoms with Gasteiger partial charge in [0.05, 0.1) is 12.2 Å². The molecule has 0 aliphatic heterocycles. The minimum Gasteiger partial charge on any atom is -0.462 e. The number of carbonyl (C=O) groups excluding carboxylic acids is 2. The van der Waals surface area contributed by atoms with Gasteiger partial charge in [-0.25, -0.2) is 9.59 Å². The highest BCUT2D eigenvalue weighted by molar-refractivity contribution is 6.00. The smallest absolute Gasteiger partial charge is 0.338 e. The second-order valence-electron chi connectivity index (χ2n) is 5.82. The summed E-state index contributed by atoms with van der Waals surface area (Å²) in [7, 11) is 0. The van der Waals surface area contributed by atoms with Crippen LogP contribution in [0.25, 0.3) is 11.1 Å². The molecule has 3 aromatic carbocycles. The molecule has 0 heterocycles. The Morgan fingerprint density at radius 3 is 1.81 bits per heavy atom. The number of anilines is 2. The standard InChI is InChI=1S/C22H20N2O3/c1-2-27-21(25)18-10-14-20(15-11-18)24-22(26)23-19-12-8-17(9-13-19)16-6-4-3-5-7-16/h3-15H,2H2,1H3,(H2,23,24,26). The summed E-state index contributed by atoms with van der Waals surface area (Å²) in [5, 5.41) is 5.52. The third-order valence-corrected chi connectivity index (χ3v) is 3.90. The van der Waals surface area contributed by atoms with Crippen molar-refractivity contribution in [3.63, 3.8) is 0 Å². The molecule has 0 fully saturated rings. The van der Waals surface area contributed by atoms with E-state index in [9.17, 15) is 9.59 Å². The van der Waals surface area contributed by atoms with Crippen molar-refractivity contribution in [1.29, 1.82) is 0 Å². The van der Waals surface area contributed by atoms with Gasteiger partial charge in [0.1, 0.15) is 0 Å². The van der Waals surface area contributed by atoms with Gasteiger partial charge in [-0.1, -0.05) is 42.5 Å². The molecule has 0 aliphatic carbocycles. The van der Waals surface area contributed by atoms with Crippen molar-refractivity contribution in [2.24, 2.45) is 0 Å². The molecule has 0 bridgehead atoms. The first-order chi connectivity index (χ1) is 13.2. The van der Waals surface area contributed by atoms with Gasteiger partial charge in [-0.05, 0) is 54.4 Å². The summed E-state index contributed by atoms with van der Waals surface area (Å²) in [6, 6.07) is 23.8. The maximum Gasteiger partial charge on any atom is 0.338 e. The summed E-state index contributed by atoms with van der Waals surface area (Å²) in [5.41, 5.74) is 3.92. The normalized spacial score (nSPS) is 10.1. The molecule has 0 saturated heterocycles. The first-order valence-electron chi connectivity index (χ1n) is 8.66. The maximum atomic E-state index is 12.1. The van der Waals surface area contributed by atoms with Gasteiger partial charge in [0.2, 0.25) is 0 Å². The van der Waals surface area contributed by atoms with Crippen LogP contribution in [0.4, 0.5) is 16.2 Å². The molecule has 3 rings (SSSR count). The zero-order valence-corrected chi connectivity index (χ0v) is 14.9. The number of ether oxygens (including phenoxy) is 1. The van der Waals surface area contributed by atoms with Crippen LogP contribution in [0.15, 0.2) is 78.9 Å². The first kappa shape index (κ1) is 18.2. The molecule has 0 radical (unpaired) electrons. The second-order valence-corrected chi connectivity index (χ2v) is 5.82. The quantitative estimate of drug-likeness (QED) is 0.617. The van der Waals surface area contributed by atoms with Crippen LogP contribution in [0.3, 0.4) is 0 Å². The SMILES string of the molecule is CCOC(=O)c1ccc(NC(=O)Nc2ccc(-c3ccccc3)cc2)cc1. The van der Waals surface area contributed by atoms with Gasteiger partial charge in [-0.3, -0.25) is 0 Å². The highest BCUT2D eigenvalue weighted by Crippen LogP contribution is 2.21. The van der Waals surface area contributed by atoms with E-state index in [1.807, 2.05) is 54.6 Å². The van der Waals surface area contributed by atoms with E-state index in [-0.39, 0.29) is 12.0 Å². The van der Waals surface area contributed by atoms with Gasteiger partial charge in [0.25, 0.3) is 0 Å². The molecular weight excluding hydrogens is 340 g/mol. The minimum atomic E-state index is -0.382. The van der Waals surface area contributed by atoms with Crippen LogP contribution in [0.2, 0.25) is 0 Å². The fourth-order valence-corrected chi connectivity index (χ4v) is 2.57. The molecule has 3 aromatic rings. The third kappa shape index (κ3) is 4.95. The van der Waals surface area contributed by atoms with E-state index in [0.29, 0.717) is 23.5 Å². The van der Waals surface area contributed by atoms with Crippen LogP contribution >= 0.6 is 0 Å². The predicted octanol–water partition coefficient (Wildman–Crippen LogP) is 5.17. The van der Waals surface area contributed by atoms with E-state index < -0.39 is 0 Å². The topological polar surface area (TPSA) is 67.4 Å². The van der Waals surface area contributed by atoms with E-state index in [1.54, 1.807) is 31.2 Å². The van der Waals surface area contributed by atoms with E-state index >= 15 is 0 Å². The van der Waals surface area contributed by atoms with Crippen molar-refractivity contribution >= 4 is 23.4 Å². The van der Waals surface area contributed by atoms with Crippen molar-refractivity contribution < 1.29 is 14.3 Å². The molecule has 0 unspecified atom stereocenters. The van der Waals surface area contributed by atoms with Crippen molar-refractivity contribution in [3.8, 4) is 11.1 Å². The summed E-state index contributed by atoms with van der Waals surface area (Å²) >= 11 is 0. The molecule has 2 amide bonds. The number of nitrogens with one attached hydrogen (secondary N) is 2. The number of carbonyl (C=O) groups is 2. The lowest BCUT2D eigenvalue weighted by molar-refractivity contribution is 0.0526. The summed E-state index contributed by atoms with van der Waals surface area (Å²) in [4.78, 5) is 23.8. The lowest BCUT2D eigenvalue weighted by atomic mass is 10.1. The fourth-order valence-electron chi connectivity index (χ4n) is 2.57. The molecule has 27 heavy (non-hydrogen) atoms. The number of hydrogen-bond donors (Lipinski definition) is 2. The van der Waals surface area contributed by atoms with Crippen molar-refractivity contribution in [2.45, 2.75) is 6.92 Å². The Morgan fingerprint density at radius 1 is 0.741 bits per heavy atom. The number of rotatable bonds is 5. The lowest BCUT2D eigenvalue weighted by Crippen LogP contribution is -2.19. The largest absolute Gasteiger partial charge is 0.462 e. The molecule has 0 aliphatic rings. The van der Waals surface area contributed by atoms with E-state index in [4.69, 9.17) is 4.74 Å². The Morgan fingerprint density at radius 2 is 1.26 bits per heavy atom. The van der Waals surface area contributed by atoms with Gasteiger partial charge >= 0.3 is 12.0 Å². The molecule has 5 heteroatoms. The molecule has 5 nitrogen and oxygen atoms in total. The summed E-state index contributed by atoms with van der Waals surface area (Å²) < 4.78 is 4.93. The summed E-state index contributed by atoms with van der Waals surface area (Å²) in [6.07, 6.45) is 0. The Hall–Kier alpha value is -3.60. The zero-order chi connectivity index (χ0) is 19.1. The van der Waals surface area contributed by atoms with Crippen LogP contribution in [-0.4, -0.2) is 18.6 Å². The highest BCUT2D eigenvalue weighted by Gasteiger charge is 2.07. The van der Waals surface area contributed by atoms with E-state index in [2.05, 4.69) is 10.6 Å². The van der Waals surface area contributed by atoms with Crippen LogP contribution in [-0.2, 0) is 4.74 Å². The number of esters is 1. The van der Waals surface area contributed by atoms with E-state index in [0.717, 1.165) is 11.1 Å². The first-order valence-corrected chi connectivity index (χ1v) is 8.66. The number of amides is 2. The maximum absolute atomic E-state index is 12.1. The Kier molecular flexibility index (Phi) is 5.84. The molecule has 0 aromatic heterocycles. The van der Waals surface area contributed by atoms with Crippen LogP contribution in [0.5, 0.6) is 0 Å². The van der Waals surface area contributed by atoms with Gasteiger partial charge in [0, 0.05) is 11.4 Å². The molecule has 0 spiro atoms. The van der Waals surface area contributed by atoms with Crippen molar-refractivity contribution in [1.82, 2.24) is 0 Å². The molecule has 136 valence electrons. The summed E-state index contributed by atoms with van der Waals surface area (Å²) in [6.45, 7) is 2.08. The minimum absolute atomic E-state index is 0.324. The Balaban J connectivity index is 1.58. The van der Waals surface area contributed by atoms with Crippen LogP contribution in [0, 0.1) is 0 Å². The summed E-state index contributed by atoms with van der Waals surface area (Å²) in [5.74, 6) is -0.382. The molecule has 2 N–H and O–H groups in total. The average Bonchev–Trinajstić information content (AvgIpc) is 2.70. The van der Waals surface area contributed by atoms with Gasteiger partial charge in [-0.2, -0.15) is 0 Å². The molecular formula is C22H20N2O3. The average molecular weight is 360 g/mol. The van der Waals surface area contributed by atoms with Crippen molar-refractivity contribution in [3.05, 3.63) is 84.4 Å². The van der Waals surface area contributed by atoms with Gasteiger partial charge in [-0.15, -0.1) is 0 Å². The number of urea groups is 1. The molecule has 0 atom stereocenters. The number of benzene rings is 3. The lowest BCUT2D eigenvalue weighted by Gasteiger charge is -2.09. The Labute approximate surface area is 158 Å². The second kappa shape index (κ2) is 8.67. The zero-order valence-electron chi connectivity index (χ0n) is 14.9. The highest BCUT2D eigenvalue weighted by atomic mass is 16.5. The van der Waals surface area contributed by atoms with Crippen LogP contribution < -0.4 is 10.6 Å². The van der Waals surface area contributed by atoms with Gasteiger partial charge in [0.15, 0.2) is 0 Å². The molecule has 0 saturated carbocycles. The van der Waals surface area contributed by atoms with Gasteiger partial charge < -0.3 is 15.4 Å². The van der Waals surface area contributed by atoms with E-state index in [1.165, 1.54) is 0 Å². The van der Waals surface area contributed by atoms with Crippen molar-refractivity contribution in [2.75, 3.05) is 17.2 Å². The Bertz CT molecular complexity index is 905. The fraction of sp³-hybridized carbons (Fsp3) is 0.0909. The predicted molar refractivity (Wildman–Crippen MR) is 107 cm³/mol.